The molecular formula is C46H30N2. The third-order valence-corrected chi connectivity index (χ3v) is 11.7. The summed E-state index contributed by atoms with van der Waals surface area (Å²) in [6, 6.07) is 46.3. The van der Waals surface area contributed by atoms with Crippen molar-refractivity contribution in [3.8, 4) is 22.3 Å². The van der Waals surface area contributed by atoms with Crippen LogP contribution in [-0.4, -0.2) is 0 Å². The van der Waals surface area contributed by atoms with Crippen LogP contribution in [0.25, 0.3) is 44.2 Å². The number of hydrogen-bond donors (Lipinski definition) is 0. The molecule has 48 heavy (non-hydrogen) atoms. The highest BCUT2D eigenvalue weighted by Gasteiger charge is 2.43. The largest absolute Gasteiger partial charge is 0.329 e. The summed E-state index contributed by atoms with van der Waals surface area (Å²) in [6.45, 7) is 0. The smallest absolute Gasteiger partial charge is 0.0823 e. The topological polar surface area (TPSA) is 6.48 Å². The van der Waals surface area contributed by atoms with Crippen molar-refractivity contribution in [2.75, 3.05) is 9.80 Å². The van der Waals surface area contributed by atoms with E-state index >= 15 is 0 Å². The average molecular weight is 611 g/mol. The predicted molar refractivity (Wildman–Crippen MR) is 199 cm³/mol. The fourth-order valence-electron chi connectivity index (χ4n) is 9.98. The Morgan fingerprint density at radius 3 is 1.21 bits per heavy atom. The van der Waals surface area contributed by atoms with E-state index in [1.165, 1.54) is 100 Å². The molecule has 0 bridgehead atoms. The maximum atomic E-state index is 2.62. The van der Waals surface area contributed by atoms with E-state index in [1.807, 2.05) is 0 Å². The number of allylic oxidation sites excluding steroid dienone is 6. The first kappa shape index (κ1) is 25.3. The summed E-state index contributed by atoms with van der Waals surface area (Å²) < 4.78 is 0. The Balaban J connectivity index is 1.16. The van der Waals surface area contributed by atoms with E-state index in [0.29, 0.717) is 0 Å². The molecule has 4 heterocycles. The van der Waals surface area contributed by atoms with Crippen molar-refractivity contribution in [1.29, 1.82) is 0 Å². The van der Waals surface area contributed by atoms with Crippen molar-refractivity contribution >= 4 is 44.7 Å². The van der Waals surface area contributed by atoms with Crippen LogP contribution >= 0.6 is 0 Å². The molecule has 0 amide bonds. The van der Waals surface area contributed by atoms with Crippen molar-refractivity contribution in [2.24, 2.45) is 0 Å². The van der Waals surface area contributed by atoms with E-state index < -0.39 is 0 Å². The second-order valence-corrected chi connectivity index (χ2v) is 13.9. The summed E-state index contributed by atoms with van der Waals surface area (Å²) in [7, 11) is 0. The molecule has 0 N–H and O–H groups in total. The minimum absolute atomic E-state index is 0.171. The number of benzene rings is 6. The number of para-hydroxylation sites is 4. The lowest BCUT2D eigenvalue weighted by Crippen LogP contribution is -2.33. The van der Waals surface area contributed by atoms with Crippen molar-refractivity contribution in [1.82, 2.24) is 0 Å². The normalized spacial score (nSPS) is 19.9. The number of hydrogen-bond acceptors (Lipinski definition) is 2. The molecule has 0 radical (unpaired) electrons. The molecular weight excluding hydrogens is 581 g/mol. The number of nitrogens with zero attached hydrogens (tertiary/aromatic N) is 2. The molecule has 2 heteroatoms. The summed E-state index contributed by atoms with van der Waals surface area (Å²) in [5.41, 5.74) is 22.0. The summed E-state index contributed by atoms with van der Waals surface area (Å²) in [6.07, 6.45) is 11.4. The maximum Gasteiger partial charge on any atom is 0.0823 e. The van der Waals surface area contributed by atoms with Gasteiger partial charge in [-0.25, -0.2) is 0 Å². The zero-order valence-electron chi connectivity index (χ0n) is 26.3. The molecule has 2 nitrogen and oxygen atoms in total. The second kappa shape index (κ2) is 8.93. The standard InChI is InChI=1S/C46H30N2/c1-5-19-39-29(11-1)27-15-9-17-33(27)45-37-25-23-32-31(43(37)35-13-3-7-21-41(35)47(39)45)24-26-38-44(32)36-14-4-8-22-42(36)48-40-20-6-2-12-30(40)28-16-10-18-34(28)46(38)48/h1-16,19-26,45-46H,17-18H2. The summed E-state index contributed by atoms with van der Waals surface area (Å²) in [5.74, 6) is 0. The van der Waals surface area contributed by atoms with Crippen LogP contribution in [0.3, 0.4) is 0 Å². The quantitative estimate of drug-likeness (QED) is 0.169. The highest BCUT2D eigenvalue weighted by Crippen LogP contribution is 2.62. The van der Waals surface area contributed by atoms with Gasteiger partial charge in [0.15, 0.2) is 0 Å². The minimum Gasteiger partial charge on any atom is -0.329 e. The van der Waals surface area contributed by atoms with Gasteiger partial charge in [0.05, 0.1) is 12.1 Å². The zero-order chi connectivity index (χ0) is 31.1. The first-order chi connectivity index (χ1) is 23.9. The van der Waals surface area contributed by atoms with Crippen LogP contribution in [0.1, 0.15) is 47.2 Å². The highest BCUT2D eigenvalue weighted by molar-refractivity contribution is 6.13. The van der Waals surface area contributed by atoms with Gasteiger partial charge < -0.3 is 9.80 Å². The molecule has 224 valence electrons. The molecule has 0 saturated carbocycles. The van der Waals surface area contributed by atoms with Gasteiger partial charge in [-0.15, -0.1) is 0 Å². The van der Waals surface area contributed by atoms with Crippen LogP contribution in [0.15, 0.2) is 157 Å². The number of rotatable bonds is 0. The first-order valence-electron chi connectivity index (χ1n) is 17.2. The average Bonchev–Trinajstić information content (AvgIpc) is 3.85. The van der Waals surface area contributed by atoms with Gasteiger partial charge in [0.1, 0.15) is 0 Å². The molecule has 6 aromatic carbocycles. The number of fused-ring (bicyclic) bond motifs is 23. The molecule has 4 aliphatic heterocycles. The van der Waals surface area contributed by atoms with Gasteiger partial charge in [0.2, 0.25) is 0 Å². The van der Waals surface area contributed by atoms with Gasteiger partial charge >= 0.3 is 0 Å². The maximum absolute atomic E-state index is 2.62. The van der Waals surface area contributed by atoms with Crippen molar-refractivity contribution in [3.63, 3.8) is 0 Å². The van der Waals surface area contributed by atoms with Gasteiger partial charge in [-0.1, -0.05) is 121 Å². The minimum atomic E-state index is 0.171. The SMILES string of the molecule is C1=CC2=C(C1)C1c3ccc4c5c(ccc4c3-c3ccccc3N1c1ccccc12)C1C2=C(C=CC2)c2ccccc2N1c1ccccc1-5. The van der Waals surface area contributed by atoms with Crippen LogP contribution in [0.4, 0.5) is 22.7 Å². The van der Waals surface area contributed by atoms with E-state index in [9.17, 15) is 0 Å². The lowest BCUT2D eigenvalue weighted by atomic mass is 9.74. The van der Waals surface area contributed by atoms with E-state index in [2.05, 4.69) is 155 Å². The number of anilines is 4. The van der Waals surface area contributed by atoms with Crippen LogP contribution in [-0.2, 0) is 0 Å². The lowest BCUT2D eigenvalue weighted by molar-refractivity contribution is 0.769. The van der Waals surface area contributed by atoms with Crippen LogP contribution in [0, 0.1) is 0 Å². The molecule has 2 atom stereocenters. The summed E-state index contributed by atoms with van der Waals surface area (Å²) in [4.78, 5) is 5.24. The van der Waals surface area contributed by atoms with Crippen molar-refractivity contribution in [3.05, 3.63) is 179 Å². The van der Waals surface area contributed by atoms with Crippen LogP contribution in [0.5, 0.6) is 0 Å². The van der Waals surface area contributed by atoms with Crippen LogP contribution < -0.4 is 9.80 Å². The molecule has 0 aromatic heterocycles. The monoisotopic (exact) mass is 610 g/mol. The molecule has 6 aliphatic rings. The fraction of sp³-hybridized carbons (Fsp3) is 0.0870. The Morgan fingerprint density at radius 2 is 0.771 bits per heavy atom. The van der Waals surface area contributed by atoms with E-state index in [4.69, 9.17) is 0 Å². The molecule has 2 aliphatic carbocycles. The molecule has 0 saturated heterocycles. The molecule has 12 rings (SSSR count). The molecule has 6 aromatic rings. The van der Waals surface area contributed by atoms with Gasteiger partial charge in [0, 0.05) is 45.0 Å². The van der Waals surface area contributed by atoms with E-state index in [1.54, 1.807) is 0 Å². The van der Waals surface area contributed by atoms with Crippen LogP contribution in [0.2, 0.25) is 0 Å². The van der Waals surface area contributed by atoms with Crippen molar-refractivity contribution in [2.45, 2.75) is 24.9 Å². The third kappa shape index (κ3) is 2.96. The van der Waals surface area contributed by atoms with Gasteiger partial charge in [0.25, 0.3) is 0 Å². The first-order valence-corrected chi connectivity index (χ1v) is 17.2. The highest BCUT2D eigenvalue weighted by atomic mass is 15.2. The summed E-state index contributed by atoms with van der Waals surface area (Å²) >= 11 is 0. The lowest BCUT2D eigenvalue weighted by Gasteiger charge is -2.46. The van der Waals surface area contributed by atoms with Gasteiger partial charge in [-0.2, -0.15) is 0 Å². The van der Waals surface area contributed by atoms with E-state index in [-0.39, 0.29) is 12.1 Å². The van der Waals surface area contributed by atoms with Gasteiger partial charge in [-0.05, 0) is 92.4 Å². The third-order valence-electron chi connectivity index (χ3n) is 11.7. The Labute approximate surface area is 279 Å². The second-order valence-electron chi connectivity index (χ2n) is 13.9. The molecule has 0 spiro atoms. The summed E-state index contributed by atoms with van der Waals surface area (Å²) in [5, 5.41) is 2.70. The molecule has 0 fully saturated rings. The van der Waals surface area contributed by atoms with Crippen molar-refractivity contribution < 1.29 is 0 Å². The fourth-order valence-corrected chi connectivity index (χ4v) is 9.98. The predicted octanol–water partition coefficient (Wildman–Crippen LogP) is 12.0. The van der Waals surface area contributed by atoms with Gasteiger partial charge in [-0.3, -0.25) is 0 Å². The zero-order valence-corrected chi connectivity index (χ0v) is 26.3. The van der Waals surface area contributed by atoms with E-state index in [0.717, 1.165) is 12.8 Å². The molecule has 2 unspecified atom stereocenters. The Bertz CT molecular complexity index is 2410. The Morgan fingerprint density at radius 1 is 0.396 bits per heavy atom. The Hall–Kier alpha value is -5.86. The Kier molecular flexibility index (Phi) is 4.70.